The van der Waals surface area contributed by atoms with Crippen molar-refractivity contribution in [2.45, 2.75) is 46.1 Å². The highest BCUT2D eigenvalue weighted by Gasteiger charge is 2.05. The van der Waals surface area contributed by atoms with Gasteiger partial charge in [0.25, 0.3) is 0 Å². The third kappa shape index (κ3) is 4.88. The summed E-state index contributed by atoms with van der Waals surface area (Å²) in [5, 5.41) is 12.1. The van der Waals surface area contributed by atoms with Gasteiger partial charge in [0, 0.05) is 12.6 Å². The van der Waals surface area contributed by atoms with E-state index in [2.05, 4.69) is 38.2 Å². The summed E-state index contributed by atoms with van der Waals surface area (Å²) < 4.78 is 0. The van der Waals surface area contributed by atoms with Gasteiger partial charge in [0.15, 0.2) is 0 Å². The summed E-state index contributed by atoms with van der Waals surface area (Å²) >= 11 is 0. The molecule has 17 heavy (non-hydrogen) atoms. The number of aliphatic hydroxyl groups is 1. The zero-order chi connectivity index (χ0) is 12.7. The molecular weight excluding hydrogens is 210 g/mol. The number of hydrogen-bond donors (Lipinski definition) is 2. The Labute approximate surface area is 105 Å². The van der Waals surface area contributed by atoms with E-state index in [-0.39, 0.29) is 6.61 Å². The highest BCUT2D eigenvalue weighted by molar-refractivity contribution is 5.33. The first-order chi connectivity index (χ1) is 8.15. The van der Waals surface area contributed by atoms with Crippen LogP contribution in [0.5, 0.6) is 0 Å². The predicted octanol–water partition coefficient (Wildman–Crippen LogP) is 2.60. The Bertz CT molecular complexity index is 309. The van der Waals surface area contributed by atoms with E-state index in [1.165, 1.54) is 36.1 Å². The molecule has 1 aromatic rings. The average molecular weight is 235 g/mol. The fourth-order valence-electron chi connectivity index (χ4n) is 2.21. The van der Waals surface area contributed by atoms with Crippen LogP contribution in [0.1, 0.15) is 36.5 Å². The Morgan fingerprint density at radius 1 is 1.29 bits per heavy atom. The van der Waals surface area contributed by atoms with E-state index in [1.807, 2.05) is 6.07 Å². The summed E-state index contributed by atoms with van der Waals surface area (Å²) in [5.41, 5.74) is 3.84. The van der Waals surface area contributed by atoms with Gasteiger partial charge >= 0.3 is 0 Å². The second-order valence-electron chi connectivity index (χ2n) is 4.84. The van der Waals surface area contributed by atoms with Gasteiger partial charge in [-0.15, -0.1) is 0 Å². The zero-order valence-corrected chi connectivity index (χ0v) is 11.3. The van der Waals surface area contributed by atoms with Gasteiger partial charge in [0.05, 0.1) is 0 Å². The van der Waals surface area contributed by atoms with Crippen LogP contribution in [-0.4, -0.2) is 24.3 Å². The Balaban J connectivity index is 0.000000202. The molecule has 0 saturated carbocycles. The monoisotopic (exact) mass is 235 g/mol. The normalized spacial score (nSPS) is 18.7. The van der Waals surface area contributed by atoms with Crippen molar-refractivity contribution in [1.82, 2.24) is 5.32 Å². The van der Waals surface area contributed by atoms with Crippen LogP contribution < -0.4 is 5.32 Å². The molecule has 1 heterocycles. The molecule has 0 bridgehead atoms. The van der Waals surface area contributed by atoms with Gasteiger partial charge in [-0.3, -0.25) is 0 Å². The van der Waals surface area contributed by atoms with Crippen LogP contribution in [0, 0.1) is 13.8 Å². The molecule has 1 aliphatic heterocycles. The number of hydrogen-bond acceptors (Lipinski definition) is 2. The Morgan fingerprint density at radius 3 is 2.29 bits per heavy atom. The third-order valence-electron chi connectivity index (χ3n) is 3.31. The van der Waals surface area contributed by atoms with Crippen molar-refractivity contribution in [1.29, 1.82) is 0 Å². The fourth-order valence-corrected chi connectivity index (χ4v) is 2.21. The molecule has 0 spiro atoms. The minimum absolute atomic E-state index is 0.242. The zero-order valence-electron chi connectivity index (χ0n) is 11.3. The maximum Gasteiger partial charge on any atom is 0.0471 e. The second-order valence-corrected chi connectivity index (χ2v) is 4.84. The fraction of sp³-hybridized carbons (Fsp3) is 0.600. The molecule has 2 N–H and O–H groups in total. The van der Waals surface area contributed by atoms with Gasteiger partial charge in [-0.1, -0.05) is 18.2 Å². The second kappa shape index (κ2) is 7.46. The van der Waals surface area contributed by atoms with E-state index in [1.54, 1.807) is 0 Å². The molecule has 2 nitrogen and oxygen atoms in total. The largest absolute Gasteiger partial charge is 0.396 e. The van der Waals surface area contributed by atoms with Crippen molar-refractivity contribution in [2.75, 3.05) is 13.2 Å². The average Bonchev–Trinajstić information content (AvgIpc) is 2.76. The van der Waals surface area contributed by atoms with Crippen LogP contribution in [0.4, 0.5) is 0 Å². The molecule has 96 valence electrons. The molecule has 2 heteroatoms. The first-order valence-electron chi connectivity index (χ1n) is 6.54. The SMILES string of the molecule is CC1CCCN1.Cc1cccc(C)c1CCO. The van der Waals surface area contributed by atoms with Gasteiger partial charge < -0.3 is 10.4 Å². The van der Waals surface area contributed by atoms with E-state index in [0.29, 0.717) is 0 Å². The molecule has 0 aliphatic carbocycles. The molecular formula is C15H25NO. The smallest absolute Gasteiger partial charge is 0.0471 e. The Morgan fingerprint density at radius 2 is 1.94 bits per heavy atom. The van der Waals surface area contributed by atoms with Crippen LogP contribution in [0.25, 0.3) is 0 Å². The molecule has 2 rings (SSSR count). The van der Waals surface area contributed by atoms with E-state index in [4.69, 9.17) is 5.11 Å². The molecule has 1 atom stereocenters. The topological polar surface area (TPSA) is 32.3 Å². The minimum Gasteiger partial charge on any atom is -0.396 e. The van der Waals surface area contributed by atoms with Gasteiger partial charge in [-0.25, -0.2) is 0 Å². The van der Waals surface area contributed by atoms with Crippen LogP contribution in [0.3, 0.4) is 0 Å². The molecule has 1 aromatic carbocycles. The number of benzene rings is 1. The summed E-state index contributed by atoms with van der Waals surface area (Å²) in [7, 11) is 0. The molecule has 1 aliphatic rings. The summed E-state index contributed by atoms with van der Waals surface area (Å²) in [6.07, 6.45) is 3.53. The summed E-state index contributed by atoms with van der Waals surface area (Å²) in [4.78, 5) is 0. The van der Waals surface area contributed by atoms with Gasteiger partial charge in [-0.05, 0) is 63.3 Å². The highest BCUT2D eigenvalue weighted by atomic mass is 16.2. The van der Waals surface area contributed by atoms with Crippen molar-refractivity contribution in [2.24, 2.45) is 0 Å². The standard InChI is InChI=1S/C10H14O.C5H11N/c1-8-4-3-5-9(2)10(8)6-7-11;1-5-3-2-4-6-5/h3-5,11H,6-7H2,1-2H3;5-6H,2-4H2,1H3. The van der Waals surface area contributed by atoms with E-state index in [9.17, 15) is 0 Å². The maximum atomic E-state index is 8.77. The molecule has 0 radical (unpaired) electrons. The van der Waals surface area contributed by atoms with Crippen LogP contribution >= 0.6 is 0 Å². The molecule has 1 saturated heterocycles. The number of aryl methyl sites for hydroxylation is 2. The Hall–Kier alpha value is -0.860. The molecule has 0 aromatic heterocycles. The van der Waals surface area contributed by atoms with E-state index < -0.39 is 0 Å². The van der Waals surface area contributed by atoms with Crippen molar-refractivity contribution in [3.8, 4) is 0 Å². The Kier molecular flexibility index (Phi) is 6.23. The van der Waals surface area contributed by atoms with Gasteiger partial charge in [0.1, 0.15) is 0 Å². The van der Waals surface area contributed by atoms with Crippen molar-refractivity contribution < 1.29 is 5.11 Å². The summed E-state index contributed by atoms with van der Waals surface area (Å²) in [6, 6.07) is 7.01. The quantitative estimate of drug-likeness (QED) is 0.826. The number of rotatable bonds is 2. The van der Waals surface area contributed by atoms with E-state index in [0.717, 1.165) is 12.5 Å². The van der Waals surface area contributed by atoms with Crippen LogP contribution in [0.2, 0.25) is 0 Å². The lowest BCUT2D eigenvalue weighted by molar-refractivity contribution is 0.299. The molecule has 0 amide bonds. The lowest BCUT2D eigenvalue weighted by Crippen LogP contribution is -2.16. The van der Waals surface area contributed by atoms with Crippen LogP contribution in [0.15, 0.2) is 18.2 Å². The van der Waals surface area contributed by atoms with E-state index >= 15 is 0 Å². The van der Waals surface area contributed by atoms with Crippen molar-refractivity contribution >= 4 is 0 Å². The summed E-state index contributed by atoms with van der Waals surface area (Å²) in [5.74, 6) is 0. The first-order valence-corrected chi connectivity index (χ1v) is 6.54. The van der Waals surface area contributed by atoms with Crippen LogP contribution in [-0.2, 0) is 6.42 Å². The lowest BCUT2D eigenvalue weighted by atomic mass is 10.0. The molecule has 1 unspecified atom stereocenters. The maximum absolute atomic E-state index is 8.77. The third-order valence-corrected chi connectivity index (χ3v) is 3.31. The predicted molar refractivity (Wildman–Crippen MR) is 73.4 cm³/mol. The van der Waals surface area contributed by atoms with Gasteiger partial charge in [-0.2, -0.15) is 0 Å². The lowest BCUT2D eigenvalue weighted by Gasteiger charge is -2.06. The number of nitrogens with one attached hydrogen (secondary N) is 1. The highest BCUT2D eigenvalue weighted by Crippen LogP contribution is 2.12. The summed E-state index contributed by atoms with van der Waals surface area (Å²) in [6.45, 7) is 7.87. The first kappa shape index (κ1) is 14.2. The van der Waals surface area contributed by atoms with Crippen molar-refractivity contribution in [3.63, 3.8) is 0 Å². The minimum atomic E-state index is 0.242. The van der Waals surface area contributed by atoms with Gasteiger partial charge in [0.2, 0.25) is 0 Å². The number of aliphatic hydroxyl groups excluding tert-OH is 1. The van der Waals surface area contributed by atoms with Crippen molar-refractivity contribution in [3.05, 3.63) is 34.9 Å². The molecule has 1 fully saturated rings.